The van der Waals surface area contributed by atoms with Crippen LogP contribution in [0.2, 0.25) is 0 Å². The van der Waals surface area contributed by atoms with Gasteiger partial charge in [0.25, 0.3) is 5.91 Å². The third kappa shape index (κ3) is 2.32. The number of hydrogen-bond donors (Lipinski definition) is 1. The van der Waals surface area contributed by atoms with Crippen molar-refractivity contribution in [2.75, 3.05) is 7.11 Å². The highest BCUT2D eigenvalue weighted by Gasteiger charge is 2.34. The Kier molecular flexibility index (Phi) is 4.43. The molecule has 0 spiro atoms. The molecule has 0 aliphatic carbocycles. The number of carbonyl (C=O) groups is 1. The smallest absolute Gasteiger partial charge is 0.265 e. The van der Waals surface area contributed by atoms with Crippen LogP contribution in [0.3, 0.4) is 0 Å². The van der Waals surface area contributed by atoms with Crippen molar-refractivity contribution in [3.8, 4) is 5.75 Å². The summed E-state index contributed by atoms with van der Waals surface area (Å²) in [6.07, 6.45) is 3.94. The lowest BCUT2D eigenvalue weighted by Gasteiger charge is -2.23. The molecule has 1 amide bonds. The van der Waals surface area contributed by atoms with Gasteiger partial charge in [-0.25, -0.2) is 4.99 Å². The largest absolute Gasteiger partial charge is 0.497 e. The van der Waals surface area contributed by atoms with Crippen LogP contribution in [0.25, 0.3) is 0 Å². The summed E-state index contributed by atoms with van der Waals surface area (Å²) < 4.78 is 5.14. The first-order valence-corrected chi connectivity index (χ1v) is 5.35. The molecule has 0 atom stereocenters. The number of aliphatic imine (C=N–C) groups is 1. The molecule has 4 heteroatoms. The molecule has 1 aromatic carbocycles. The molecular weight excluding hydrogens is 228 g/mol. The number of rotatable bonds is 5. The number of hydrogen-bond acceptors (Lipinski definition) is 2. The van der Waals surface area contributed by atoms with Gasteiger partial charge in [0.2, 0.25) is 0 Å². The van der Waals surface area contributed by atoms with Crippen LogP contribution in [0.15, 0.2) is 54.6 Å². The summed E-state index contributed by atoms with van der Waals surface area (Å²) in [6, 6.07) is 7.11. The second-order valence-corrected chi connectivity index (χ2v) is 3.59. The van der Waals surface area contributed by atoms with Crippen LogP contribution in [0.5, 0.6) is 5.75 Å². The Morgan fingerprint density at radius 2 is 2.11 bits per heavy atom. The standard InChI is InChI=1S/C14H16N2O2/c1-4-14(5-2,13(17)16-10-15)11-7-6-8-12(9-11)18-3/h4-10H,1-2H2,3H3,(H2,15,16,17). The van der Waals surface area contributed by atoms with Crippen LogP contribution >= 0.6 is 0 Å². The van der Waals surface area contributed by atoms with Crippen LogP contribution in [0.1, 0.15) is 5.56 Å². The van der Waals surface area contributed by atoms with Gasteiger partial charge in [-0.3, -0.25) is 4.79 Å². The molecule has 0 saturated carbocycles. The first-order valence-electron chi connectivity index (χ1n) is 5.35. The zero-order valence-electron chi connectivity index (χ0n) is 10.3. The second-order valence-electron chi connectivity index (χ2n) is 3.59. The molecule has 0 saturated heterocycles. The van der Waals surface area contributed by atoms with E-state index >= 15 is 0 Å². The third-order valence-electron chi connectivity index (χ3n) is 2.74. The van der Waals surface area contributed by atoms with E-state index in [-0.39, 0.29) is 0 Å². The van der Waals surface area contributed by atoms with E-state index in [2.05, 4.69) is 18.2 Å². The van der Waals surface area contributed by atoms with E-state index in [9.17, 15) is 4.79 Å². The van der Waals surface area contributed by atoms with Crippen LogP contribution in [-0.4, -0.2) is 19.4 Å². The van der Waals surface area contributed by atoms with Gasteiger partial charge < -0.3 is 10.5 Å². The number of ether oxygens (including phenoxy) is 1. The Morgan fingerprint density at radius 3 is 2.61 bits per heavy atom. The molecule has 0 aromatic heterocycles. The number of methoxy groups -OCH3 is 1. The van der Waals surface area contributed by atoms with Crippen LogP contribution in [0, 0.1) is 0 Å². The van der Waals surface area contributed by atoms with E-state index in [1.165, 1.54) is 12.2 Å². The van der Waals surface area contributed by atoms with E-state index < -0.39 is 11.3 Å². The number of nitrogens with zero attached hydrogens (tertiary/aromatic N) is 1. The van der Waals surface area contributed by atoms with E-state index in [0.29, 0.717) is 11.3 Å². The monoisotopic (exact) mass is 244 g/mol. The summed E-state index contributed by atoms with van der Waals surface area (Å²) in [5.74, 6) is 0.202. The number of nitrogens with two attached hydrogens (primary N) is 1. The fourth-order valence-corrected chi connectivity index (χ4v) is 1.67. The molecule has 0 aliphatic rings. The number of amides is 1. The fourth-order valence-electron chi connectivity index (χ4n) is 1.67. The van der Waals surface area contributed by atoms with Crippen molar-refractivity contribution in [2.24, 2.45) is 10.7 Å². The highest BCUT2D eigenvalue weighted by atomic mass is 16.5. The zero-order valence-corrected chi connectivity index (χ0v) is 10.3. The van der Waals surface area contributed by atoms with Crippen molar-refractivity contribution in [1.29, 1.82) is 0 Å². The van der Waals surface area contributed by atoms with Gasteiger partial charge in [-0.05, 0) is 17.7 Å². The second kappa shape index (κ2) is 5.82. The number of carbonyl (C=O) groups excluding carboxylic acids is 1. The maximum atomic E-state index is 12.1. The van der Waals surface area contributed by atoms with E-state index in [1.807, 2.05) is 0 Å². The minimum atomic E-state index is -1.09. The molecule has 0 unspecified atom stereocenters. The molecule has 1 rings (SSSR count). The maximum Gasteiger partial charge on any atom is 0.265 e. The highest BCUT2D eigenvalue weighted by Crippen LogP contribution is 2.30. The van der Waals surface area contributed by atoms with Gasteiger partial charge >= 0.3 is 0 Å². The predicted octanol–water partition coefficient (Wildman–Crippen LogP) is 1.82. The van der Waals surface area contributed by atoms with Gasteiger partial charge in [0.05, 0.1) is 13.4 Å². The van der Waals surface area contributed by atoms with E-state index in [4.69, 9.17) is 10.5 Å². The van der Waals surface area contributed by atoms with Crippen LogP contribution in [-0.2, 0) is 10.2 Å². The Hall–Kier alpha value is -2.36. The Labute approximate surface area is 106 Å². The fraction of sp³-hybridized carbons (Fsp3) is 0.143. The first-order chi connectivity index (χ1) is 8.64. The van der Waals surface area contributed by atoms with Gasteiger partial charge in [0.1, 0.15) is 11.2 Å². The van der Waals surface area contributed by atoms with Gasteiger partial charge in [0.15, 0.2) is 0 Å². The van der Waals surface area contributed by atoms with Gasteiger partial charge in [-0.1, -0.05) is 24.3 Å². The lowest BCUT2D eigenvalue weighted by Crippen LogP contribution is -2.30. The van der Waals surface area contributed by atoms with Gasteiger partial charge in [-0.15, -0.1) is 13.2 Å². The minimum Gasteiger partial charge on any atom is -0.497 e. The summed E-state index contributed by atoms with van der Waals surface area (Å²) in [4.78, 5) is 15.7. The maximum absolute atomic E-state index is 12.1. The lowest BCUT2D eigenvalue weighted by molar-refractivity contribution is -0.120. The quantitative estimate of drug-likeness (QED) is 0.488. The number of benzene rings is 1. The van der Waals surface area contributed by atoms with Crippen LogP contribution < -0.4 is 10.5 Å². The van der Waals surface area contributed by atoms with Crippen molar-refractivity contribution in [2.45, 2.75) is 5.41 Å². The molecule has 0 fully saturated rings. The van der Waals surface area contributed by atoms with Crippen molar-refractivity contribution in [3.05, 3.63) is 55.1 Å². The summed E-state index contributed by atoms with van der Waals surface area (Å²) >= 11 is 0. The molecule has 1 aromatic rings. The minimum absolute atomic E-state index is 0.441. The molecule has 94 valence electrons. The van der Waals surface area contributed by atoms with Crippen molar-refractivity contribution >= 4 is 12.2 Å². The molecule has 18 heavy (non-hydrogen) atoms. The predicted molar refractivity (Wildman–Crippen MR) is 72.8 cm³/mol. The topological polar surface area (TPSA) is 64.7 Å². The summed E-state index contributed by atoms with van der Waals surface area (Å²) in [5, 5.41) is 0. The lowest BCUT2D eigenvalue weighted by atomic mass is 9.80. The average Bonchev–Trinajstić information content (AvgIpc) is 2.41. The Bertz CT molecular complexity index is 484. The van der Waals surface area contributed by atoms with Crippen LogP contribution in [0.4, 0.5) is 0 Å². The molecule has 0 aliphatic heterocycles. The average molecular weight is 244 g/mol. The molecule has 0 heterocycles. The summed E-state index contributed by atoms with van der Waals surface area (Å²) in [5.41, 5.74) is 4.75. The summed E-state index contributed by atoms with van der Waals surface area (Å²) in [7, 11) is 1.56. The zero-order chi connectivity index (χ0) is 13.6. The molecule has 0 bridgehead atoms. The SMILES string of the molecule is C=CC(C=C)(C(=O)N=CN)c1cccc(OC)c1. The van der Waals surface area contributed by atoms with Gasteiger partial charge in [-0.2, -0.15) is 0 Å². The van der Waals surface area contributed by atoms with Crippen molar-refractivity contribution in [3.63, 3.8) is 0 Å². The summed E-state index contributed by atoms with van der Waals surface area (Å²) in [6.45, 7) is 7.38. The third-order valence-corrected chi connectivity index (χ3v) is 2.74. The Balaban J connectivity index is 3.38. The van der Waals surface area contributed by atoms with Gasteiger partial charge in [0, 0.05) is 0 Å². The first kappa shape index (κ1) is 13.7. The molecule has 2 N–H and O–H groups in total. The van der Waals surface area contributed by atoms with Crippen molar-refractivity contribution < 1.29 is 9.53 Å². The van der Waals surface area contributed by atoms with Crippen molar-refractivity contribution in [1.82, 2.24) is 0 Å². The molecule has 4 nitrogen and oxygen atoms in total. The Morgan fingerprint density at radius 1 is 1.44 bits per heavy atom. The van der Waals surface area contributed by atoms with E-state index in [0.717, 1.165) is 6.34 Å². The molecular formula is C14H16N2O2. The highest BCUT2D eigenvalue weighted by molar-refractivity contribution is 5.97. The van der Waals surface area contributed by atoms with E-state index in [1.54, 1.807) is 31.4 Å². The molecule has 0 radical (unpaired) electrons. The normalized spacial score (nSPS) is 11.2.